The van der Waals surface area contributed by atoms with Crippen LogP contribution >= 0.6 is 0 Å². The summed E-state index contributed by atoms with van der Waals surface area (Å²) in [5.41, 5.74) is -0.0481. The molecule has 0 unspecified atom stereocenters. The first-order chi connectivity index (χ1) is 8.99. The van der Waals surface area contributed by atoms with E-state index in [9.17, 15) is 8.78 Å². The number of nitrogens with one attached hydrogen (secondary N) is 1. The van der Waals surface area contributed by atoms with E-state index >= 15 is 0 Å². The molecule has 0 saturated heterocycles. The van der Waals surface area contributed by atoms with Crippen LogP contribution in [0.2, 0.25) is 0 Å². The Labute approximate surface area is 111 Å². The van der Waals surface area contributed by atoms with Gasteiger partial charge in [-0.15, -0.1) is 0 Å². The monoisotopic (exact) mass is 271 g/mol. The quantitative estimate of drug-likeness (QED) is 0.893. The number of hydrogen-bond donors (Lipinski definition) is 1. The van der Waals surface area contributed by atoms with Crippen LogP contribution in [0.4, 0.5) is 8.78 Å². The van der Waals surface area contributed by atoms with Gasteiger partial charge in [-0.25, -0.2) is 0 Å². The number of ether oxygens (including phenoxy) is 2. The summed E-state index contributed by atoms with van der Waals surface area (Å²) in [4.78, 5) is 0. The van der Waals surface area contributed by atoms with E-state index in [1.54, 1.807) is 6.07 Å². The SMILES string of the molecule is CC(C)CNCC(F)(F)c1ccc2c(c1)OCCO2. The molecule has 1 aromatic rings. The summed E-state index contributed by atoms with van der Waals surface area (Å²) in [6.07, 6.45) is 0. The van der Waals surface area contributed by atoms with Crippen LogP contribution in [-0.2, 0) is 5.92 Å². The Hall–Kier alpha value is -1.36. The molecule has 0 radical (unpaired) electrons. The number of rotatable bonds is 5. The third kappa shape index (κ3) is 3.56. The average Bonchev–Trinajstić information content (AvgIpc) is 2.37. The van der Waals surface area contributed by atoms with Gasteiger partial charge in [-0.05, 0) is 30.7 Å². The zero-order chi connectivity index (χ0) is 13.9. The van der Waals surface area contributed by atoms with Crippen molar-refractivity contribution in [3.8, 4) is 11.5 Å². The van der Waals surface area contributed by atoms with E-state index in [0.717, 1.165) is 0 Å². The fourth-order valence-electron chi connectivity index (χ4n) is 1.89. The molecule has 0 bridgehead atoms. The second-order valence-corrected chi connectivity index (χ2v) is 5.09. The van der Waals surface area contributed by atoms with Crippen LogP contribution in [0.3, 0.4) is 0 Å². The van der Waals surface area contributed by atoms with Crippen LogP contribution in [0, 0.1) is 5.92 Å². The summed E-state index contributed by atoms with van der Waals surface area (Å²) in [6, 6.07) is 4.30. The minimum absolute atomic E-state index is 0.0481. The van der Waals surface area contributed by atoms with Gasteiger partial charge in [0.1, 0.15) is 13.2 Å². The van der Waals surface area contributed by atoms with Crippen molar-refractivity contribution in [3.05, 3.63) is 23.8 Å². The molecule has 2 rings (SSSR count). The lowest BCUT2D eigenvalue weighted by Gasteiger charge is -2.22. The molecule has 0 saturated carbocycles. The minimum atomic E-state index is -2.91. The van der Waals surface area contributed by atoms with Crippen LogP contribution < -0.4 is 14.8 Å². The van der Waals surface area contributed by atoms with E-state index in [4.69, 9.17) is 9.47 Å². The van der Waals surface area contributed by atoms with E-state index in [1.165, 1.54) is 12.1 Å². The lowest BCUT2D eigenvalue weighted by atomic mass is 10.1. The first-order valence-corrected chi connectivity index (χ1v) is 6.48. The van der Waals surface area contributed by atoms with Crippen molar-refractivity contribution in [2.45, 2.75) is 19.8 Å². The van der Waals surface area contributed by atoms with Crippen molar-refractivity contribution in [2.75, 3.05) is 26.3 Å². The molecule has 0 aromatic heterocycles. The molecule has 19 heavy (non-hydrogen) atoms. The predicted molar refractivity (Wildman–Crippen MR) is 69.0 cm³/mol. The highest BCUT2D eigenvalue weighted by molar-refractivity contribution is 5.45. The van der Waals surface area contributed by atoms with Crippen molar-refractivity contribution in [1.82, 2.24) is 5.32 Å². The first-order valence-electron chi connectivity index (χ1n) is 6.48. The van der Waals surface area contributed by atoms with Gasteiger partial charge >= 0.3 is 0 Å². The maximum absolute atomic E-state index is 14.0. The summed E-state index contributed by atoms with van der Waals surface area (Å²) in [5, 5.41) is 2.78. The molecule has 1 heterocycles. The Bertz CT molecular complexity index is 435. The maximum atomic E-state index is 14.0. The Kier molecular flexibility index (Phi) is 4.24. The third-order valence-corrected chi connectivity index (χ3v) is 2.86. The van der Waals surface area contributed by atoms with Crippen LogP contribution in [0.25, 0.3) is 0 Å². The van der Waals surface area contributed by atoms with Gasteiger partial charge in [0, 0.05) is 5.56 Å². The molecule has 0 atom stereocenters. The highest BCUT2D eigenvalue weighted by Crippen LogP contribution is 2.36. The molecular formula is C14H19F2NO2. The molecule has 1 aliphatic heterocycles. The predicted octanol–water partition coefficient (Wildman–Crippen LogP) is 2.80. The summed E-state index contributed by atoms with van der Waals surface area (Å²) in [5.74, 6) is -1.64. The second kappa shape index (κ2) is 5.74. The van der Waals surface area contributed by atoms with Crippen molar-refractivity contribution in [3.63, 3.8) is 0 Å². The zero-order valence-corrected chi connectivity index (χ0v) is 11.2. The fourth-order valence-corrected chi connectivity index (χ4v) is 1.89. The van der Waals surface area contributed by atoms with Crippen LogP contribution in [-0.4, -0.2) is 26.3 Å². The lowest BCUT2D eigenvalue weighted by Crippen LogP contribution is -2.33. The maximum Gasteiger partial charge on any atom is 0.285 e. The third-order valence-electron chi connectivity index (χ3n) is 2.86. The van der Waals surface area contributed by atoms with Crippen molar-refractivity contribution >= 4 is 0 Å². The molecule has 0 fully saturated rings. The van der Waals surface area contributed by atoms with Gasteiger partial charge in [0.2, 0.25) is 0 Å². The van der Waals surface area contributed by atoms with Gasteiger partial charge in [0.25, 0.3) is 5.92 Å². The number of hydrogen-bond acceptors (Lipinski definition) is 3. The van der Waals surface area contributed by atoms with Crippen LogP contribution in [0.15, 0.2) is 18.2 Å². The molecule has 0 spiro atoms. The second-order valence-electron chi connectivity index (χ2n) is 5.09. The summed E-state index contributed by atoms with van der Waals surface area (Å²) in [6.45, 7) is 5.02. The molecule has 1 aliphatic rings. The van der Waals surface area contributed by atoms with Gasteiger partial charge in [0.05, 0.1) is 6.54 Å². The van der Waals surface area contributed by atoms with Gasteiger partial charge < -0.3 is 14.8 Å². The van der Waals surface area contributed by atoms with Crippen molar-refractivity contribution in [2.24, 2.45) is 5.92 Å². The molecule has 5 heteroatoms. The van der Waals surface area contributed by atoms with E-state index in [1.807, 2.05) is 13.8 Å². The number of halogens is 2. The Balaban J connectivity index is 2.07. The molecule has 1 aromatic carbocycles. The molecular weight excluding hydrogens is 252 g/mol. The van der Waals surface area contributed by atoms with E-state index in [2.05, 4.69) is 5.32 Å². The molecule has 0 aliphatic carbocycles. The van der Waals surface area contributed by atoms with E-state index < -0.39 is 5.92 Å². The largest absolute Gasteiger partial charge is 0.486 e. The van der Waals surface area contributed by atoms with E-state index in [0.29, 0.717) is 37.2 Å². The molecule has 106 valence electrons. The van der Waals surface area contributed by atoms with Crippen LogP contribution in [0.1, 0.15) is 19.4 Å². The van der Waals surface area contributed by atoms with Crippen LogP contribution in [0.5, 0.6) is 11.5 Å². The molecule has 3 nitrogen and oxygen atoms in total. The smallest absolute Gasteiger partial charge is 0.285 e. The minimum Gasteiger partial charge on any atom is -0.486 e. The summed E-state index contributed by atoms with van der Waals surface area (Å²) < 4.78 is 38.7. The fraction of sp³-hybridized carbons (Fsp3) is 0.571. The van der Waals surface area contributed by atoms with Crippen molar-refractivity contribution < 1.29 is 18.3 Å². The molecule has 1 N–H and O–H groups in total. The highest BCUT2D eigenvalue weighted by Gasteiger charge is 2.32. The average molecular weight is 271 g/mol. The molecule has 0 amide bonds. The van der Waals surface area contributed by atoms with Gasteiger partial charge in [-0.3, -0.25) is 0 Å². The zero-order valence-electron chi connectivity index (χ0n) is 11.2. The normalized spacial score (nSPS) is 14.8. The lowest BCUT2D eigenvalue weighted by molar-refractivity contribution is -0.00397. The number of alkyl halides is 2. The Morgan fingerprint density at radius 2 is 1.89 bits per heavy atom. The first kappa shape index (κ1) is 14.1. The van der Waals surface area contributed by atoms with E-state index in [-0.39, 0.29) is 12.1 Å². The standard InChI is InChI=1S/C14H19F2NO2/c1-10(2)8-17-9-14(15,16)11-3-4-12-13(7-11)19-6-5-18-12/h3-4,7,10,17H,5-6,8-9H2,1-2H3. The Morgan fingerprint density at radius 3 is 2.58 bits per heavy atom. The summed E-state index contributed by atoms with van der Waals surface area (Å²) >= 11 is 0. The topological polar surface area (TPSA) is 30.5 Å². The number of benzene rings is 1. The highest BCUT2D eigenvalue weighted by atomic mass is 19.3. The van der Waals surface area contributed by atoms with Crippen molar-refractivity contribution in [1.29, 1.82) is 0 Å². The van der Waals surface area contributed by atoms with Gasteiger partial charge in [0.15, 0.2) is 11.5 Å². The number of fused-ring (bicyclic) bond motifs is 1. The van der Waals surface area contributed by atoms with Gasteiger partial charge in [-0.1, -0.05) is 13.8 Å². The van der Waals surface area contributed by atoms with Gasteiger partial charge in [-0.2, -0.15) is 8.78 Å². The Morgan fingerprint density at radius 1 is 1.21 bits per heavy atom. The summed E-state index contributed by atoms with van der Waals surface area (Å²) in [7, 11) is 0.